The lowest BCUT2D eigenvalue weighted by molar-refractivity contribution is 0.384. The molecule has 0 amide bonds. The third kappa shape index (κ3) is 2.70. The third-order valence-electron chi connectivity index (χ3n) is 2.18. The maximum absolute atomic E-state index is 13.1. The van der Waals surface area contributed by atoms with Crippen LogP contribution in [0.25, 0.3) is 0 Å². The van der Waals surface area contributed by atoms with Crippen LogP contribution in [0.1, 0.15) is 0 Å². The van der Waals surface area contributed by atoms with Gasteiger partial charge in [0.15, 0.2) is 0 Å². The van der Waals surface area contributed by atoms with Gasteiger partial charge in [0.05, 0.1) is 17.3 Å². The monoisotopic (exact) mass is 312 g/mol. The van der Waals surface area contributed by atoms with Crippen LogP contribution in [0.15, 0.2) is 34.8 Å². The number of nitrogens with two attached hydrogens (primary N) is 1. The van der Waals surface area contributed by atoms with Gasteiger partial charge >= 0.3 is 0 Å². The summed E-state index contributed by atoms with van der Waals surface area (Å²) in [5.74, 6) is 0.665. The first kappa shape index (κ1) is 12.6. The van der Waals surface area contributed by atoms with Crippen molar-refractivity contribution < 1.29 is 13.9 Å². The Morgan fingerprint density at radius 3 is 2.72 bits per heavy atom. The second-order valence-corrected chi connectivity index (χ2v) is 4.28. The van der Waals surface area contributed by atoms with Crippen molar-refractivity contribution in [2.45, 2.75) is 0 Å². The molecule has 6 heteroatoms. The highest BCUT2D eigenvalue weighted by Gasteiger charge is 2.08. The van der Waals surface area contributed by atoms with Gasteiger partial charge in [0.1, 0.15) is 11.6 Å². The quantitative estimate of drug-likeness (QED) is 0.944. The van der Waals surface area contributed by atoms with Crippen LogP contribution < -0.4 is 15.2 Å². The zero-order valence-electron chi connectivity index (χ0n) is 9.48. The molecular formula is C12H10BrFN2O2. The van der Waals surface area contributed by atoms with E-state index in [-0.39, 0.29) is 11.7 Å². The Morgan fingerprint density at radius 1 is 1.28 bits per heavy atom. The van der Waals surface area contributed by atoms with Gasteiger partial charge in [-0.15, -0.1) is 0 Å². The fourth-order valence-electron chi connectivity index (χ4n) is 1.28. The Labute approximate surface area is 112 Å². The highest BCUT2D eigenvalue weighted by molar-refractivity contribution is 9.10. The molecule has 0 fully saturated rings. The molecule has 0 atom stereocenters. The van der Waals surface area contributed by atoms with Crippen LogP contribution in [-0.4, -0.2) is 12.1 Å². The predicted molar refractivity (Wildman–Crippen MR) is 69.4 cm³/mol. The van der Waals surface area contributed by atoms with Crippen LogP contribution >= 0.6 is 15.9 Å². The molecule has 94 valence electrons. The molecule has 1 heterocycles. The van der Waals surface area contributed by atoms with Gasteiger partial charge in [-0.2, -0.15) is 4.98 Å². The van der Waals surface area contributed by atoms with Crippen molar-refractivity contribution in [1.82, 2.24) is 4.98 Å². The Morgan fingerprint density at radius 2 is 2.06 bits per heavy atom. The lowest BCUT2D eigenvalue weighted by Gasteiger charge is -2.09. The smallest absolute Gasteiger partial charge is 0.246 e. The Hall–Kier alpha value is -1.82. The minimum Gasteiger partial charge on any atom is -0.481 e. The number of methoxy groups -OCH3 is 1. The minimum atomic E-state index is -0.367. The molecule has 18 heavy (non-hydrogen) atoms. The van der Waals surface area contributed by atoms with Gasteiger partial charge in [-0.25, -0.2) is 4.39 Å². The molecule has 0 saturated carbocycles. The van der Waals surface area contributed by atoms with E-state index in [1.165, 1.54) is 25.3 Å². The maximum atomic E-state index is 13.1. The fraction of sp³-hybridized carbons (Fsp3) is 0.0833. The topological polar surface area (TPSA) is 57.4 Å². The molecule has 0 aliphatic heterocycles. The first-order chi connectivity index (χ1) is 8.60. The normalized spacial score (nSPS) is 10.2. The van der Waals surface area contributed by atoms with Crippen molar-refractivity contribution in [1.29, 1.82) is 0 Å². The Balaban J connectivity index is 2.30. The molecule has 0 saturated heterocycles. The molecule has 0 radical (unpaired) electrons. The summed E-state index contributed by atoms with van der Waals surface area (Å²) in [7, 11) is 1.50. The number of hydrogen-bond donors (Lipinski definition) is 1. The number of benzene rings is 1. The van der Waals surface area contributed by atoms with Crippen molar-refractivity contribution in [3.05, 3.63) is 40.6 Å². The van der Waals surface area contributed by atoms with E-state index in [9.17, 15) is 4.39 Å². The number of anilines is 1. The second-order valence-electron chi connectivity index (χ2n) is 3.43. The molecule has 4 nitrogen and oxygen atoms in total. The average Bonchev–Trinajstić information content (AvgIpc) is 2.36. The van der Waals surface area contributed by atoms with E-state index in [4.69, 9.17) is 15.2 Å². The van der Waals surface area contributed by atoms with Crippen molar-refractivity contribution in [2.75, 3.05) is 12.8 Å². The molecule has 2 N–H and O–H groups in total. The lowest BCUT2D eigenvalue weighted by Crippen LogP contribution is -1.97. The van der Waals surface area contributed by atoms with Gasteiger partial charge in [-0.3, -0.25) is 0 Å². The average molecular weight is 313 g/mol. The summed E-state index contributed by atoms with van der Waals surface area (Å²) in [5, 5.41) is 0. The highest BCUT2D eigenvalue weighted by Crippen LogP contribution is 2.29. The zero-order chi connectivity index (χ0) is 13.1. The molecule has 0 bridgehead atoms. The van der Waals surface area contributed by atoms with E-state index < -0.39 is 0 Å². The first-order valence-corrected chi connectivity index (χ1v) is 5.83. The van der Waals surface area contributed by atoms with Gasteiger partial charge < -0.3 is 15.2 Å². The zero-order valence-corrected chi connectivity index (χ0v) is 11.1. The molecule has 0 spiro atoms. The van der Waals surface area contributed by atoms with Gasteiger partial charge in [0.2, 0.25) is 11.8 Å². The summed E-state index contributed by atoms with van der Waals surface area (Å²) in [4.78, 5) is 4.06. The van der Waals surface area contributed by atoms with Crippen LogP contribution in [-0.2, 0) is 0 Å². The second kappa shape index (κ2) is 5.22. The first-order valence-electron chi connectivity index (χ1n) is 5.03. The molecule has 0 unspecified atom stereocenters. The number of nitrogens with zero attached hydrogens (tertiary/aromatic N) is 1. The van der Waals surface area contributed by atoms with E-state index in [1.54, 1.807) is 12.1 Å². The maximum Gasteiger partial charge on any atom is 0.246 e. The molecule has 0 aliphatic carbocycles. The Kier molecular flexibility index (Phi) is 3.66. The van der Waals surface area contributed by atoms with Gasteiger partial charge in [-0.1, -0.05) is 0 Å². The van der Waals surface area contributed by atoms with Crippen molar-refractivity contribution in [3.8, 4) is 17.5 Å². The minimum absolute atomic E-state index is 0.216. The number of halogens is 2. The predicted octanol–water partition coefficient (Wildman–Crippen LogP) is 3.37. The summed E-state index contributed by atoms with van der Waals surface area (Å²) < 4.78 is 23.8. The van der Waals surface area contributed by atoms with Crippen LogP contribution in [0, 0.1) is 5.82 Å². The van der Waals surface area contributed by atoms with E-state index in [0.717, 1.165) is 0 Å². The van der Waals surface area contributed by atoms with E-state index >= 15 is 0 Å². The van der Waals surface area contributed by atoms with E-state index in [0.29, 0.717) is 21.8 Å². The Bertz CT molecular complexity index is 578. The van der Waals surface area contributed by atoms with Gasteiger partial charge in [0.25, 0.3) is 0 Å². The number of nitrogen functional groups attached to an aromatic ring is 1. The van der Waals surface area contributed by atoms with Gasteiger partial charge in [0, 0.05) is 6.07 Å². The van der Waals surface area contributed by atoms with Gasteiger partial charge in [-0.05, 0) is 40.2 Å². The van der Waals surface area contributed by atoms with E-state index in [2.05, 4.69) is 20.9 Å². The number of ether oxygens (including phenoxy) is 2. The van der Waals surface area contributed by atoms with E-state index in [1.807, 2.05) is 0 Å². The highest BCUT2D eigenvalue weighted by atomic mass is 79.9. The summed E-state index contributed by atoms with van der Waals surface area (Å²) in [6.45, 7) is 0. The summed E-state index contributed by atoms with van der Waals surface area (Å²) in [5.41, 5.74) is 6.10. The lowest BCUT2D eigenvalue weighted by atomic mass is 10.3. The molecule has 2 rings (SSSR count). The molecule has 2 aromatic rings. The van der Waals surface area contributed by atoms with Crippen LogP contribution in [0.5, 0.6) is 17.5 Å². The largest absolute Gasteiger partial charge is 0.481 e. The molecule has 0 aliphatic rings. The molecular weight excluding hydrogens is 303 g/mol. The summed E-state index contributed by atoms with van der Waals surface area (Å²) >= 11 is 3.07. The van der Waals surface area contributed by atoms with Crippen LogP contribution in [0.2, 0.25) is 0 Å². The summed E-state index contributed by atoms with van der Waals surface area (Å²) in [6, 6.07) is 7.52. The number of pyridine rings is 1. The molecule has 1 aromatic heterocycles. The standard InChI is InChI=1S/C12H10BrFN2O2/c1-17-11-5-4-10(15)12(16-11)18-7-2-3-9(14)8(13)6-7/h2-6H,15H2,1H3. The van der Waals surface area contributed by atoms with Crippen molar-refractivity contribution >= 4 is 21.6 Å². The SMILES string of the molecule is COc1ccc(N)c(Oc2ccc(F)c(Br)c2)n1. The third-order valence-corrected chi connectivity index (χ3v) is 2.79. The summed E-state index contributed by atoms with van der Waals surface area (Å²) in [6.07, 6.45) is 0. The molecule has 1 aromatic carbocycles. The number of aromatic nitrogens is 1. The number of hydrogen-bond acceptors (Lipinski definition) is 4. The van der Waals surface area contributed by atoms with Crippen LogP contribution in [0.3, 0.4) is 0 Å². The van der Waals surface area contributed by atoms with Crippen molar-refractivity contribution in [3.63, 3.8) is 0 Å². The van der Waals surface area contributed by atoms with Crippen LogP contribution in [0.4, 0.5) is 10.1 Å². The van der Waals surface area contributed by atoms with Crippen molar-refractivity contribution in [2.24, 2.45) is 0 Å². The number of rotatable bonds is 3. The fourth-order valence-corrected chi connectivity index (χ4v) is 1.64.